The van der Waals surface area contributed by atoms with Crippen LogP contribution in [0.25, 0.3) is 0 Å². The molecule has 0 aliphatic heterocycles. The van der Waals surface area contributed by atoms with E-state index in [1.54, 1.807) is 7.11 Å². The highest BCUT2D eigenvalue weighted by atomic mass is 16.5. The van der Waals surface area contributed by atoms with E-state index in [0.29, 0.717) is 0 Å². The number of rotatable bonds is 4. The summed E-state index contributed by atoms with van der Waals surface area (Å²) in [6.07, 6.45) is 1.99. The van der Waals surface area contributed by atoms with Crippen molar-refractivity contribution in [2.75, 3.05) is 21.2 Å². The maximum Gasteiger partial charge on any atom is 0.122 e. The Balaban J connectivity index is 2.50. The van der Waals surface area contributed by atoms with Crippen LogP contribution in [0.3, 0.4) is 0 Å². The molecule has 102 valence electrons. The first-order chi connectivity index (χ1) is 8.96. The predicted molar refractivity (Wildman–Crippen MR) is 76.2 cm³/mol. The number of hydrogen-bond donors (Lipinski definition) is 0. The minimum Gasteiger partial charge on any atom is -0.496 e. The van der Waals surface area contributed by atoms with Gasteiger partial charge in [-0.25, -0.2) is 0 Å². The lowest BCUT2D eigenvalue weighted by molar-refractivity contribution is 0.231. The highest BCUT2D eigenvalue weighted by Gasteiger charge is 2.52. The molecule has 1 saturated carbocycles. The van der Waals surface area contributed by atoms with Crippen LogP contribution < -0.4 is 4.74 Å². The first-order valence-corrected chi connectivity index (χ1v) is 6.68. The fraction of sp³-hybridized carbons (Fsp3) is 0.562. The van der Waals surface area contributed by atoms with Gasteiger partial charge < -0.3 is 9.64 Å². The summed E-state index contributed by atoms with van der Waals surface area (Å²) in [4.78, 5) is 2.17. The quantitative estimate of drug-likeness (QED) is 0.832. The Morgan fingerprint density at radius 2 is 1.89 bits per heavy atom. The molecule has 0 saturated heterocycles. The van der Waals surface area contributed by atoms with Crippen molar-refractivity contribution in [3.63, 3.8) is 0 Å². The third kappa shape index (κ3) is 2.21. The van der Waals surface area contributed by atoms with Gasteiger partial charge in [0.15, 0.2) is 0 Å². The lowest BCUT2D eigenvalue weighted by Gasteiger charge is -2.31. The average Bonchev–Trinajstić information content (AvgIpc) is 3.16. The highest BCUT2D eigenvalue weighted by Crippen LogP contribution is 2.57. The second-order valence-electron chi connectivity index (χ2n) is 5.74. The van der Waals surface area contributed by atoms with Crippen LogP contribution in [0.2, 0.25) is 0 Å². The Hall–Kier alpha value is -1.53. The van der Waals surface area contributed by atoms with Crippen LogP contribution in [-0.4, -0.2) is 26.1 Å². The summed E-state index contributed by atoms with van der Waals surface area (Å²) in [7, 11) is 5.81. The maximum absolute atomic E-state index is 9.50. The molecule has 19 heavy (non-hydrogen) atoms. The summed E-state index contributed by atoms with van der Waals surface area (Å²) in [6, 6.07) is 6.83. The third-order valence-corrected chi connectivity index (χ3v) is 4.35. The maximum atomic E-state index is 9.50. The molecule has 1 aromatic carbocycles. The number of methoxy groups -OCH3 is 1. The van der Waals surface area contributed by atoms with Gasteiger partial charge in [0, 0.05) is 0 Å². The van der Waals surface area contributed by atoms with Crippen molar-refractivity contribution < 1.29 is 4.74 Å². The van der Waals surface area contributed by atoms with Gasteiger partial charge in [0.1, 0.15) is 5.75 Å². The zero-order chi connectivity index (χ0) is 14.2. The van der Waals surface area contributed by atoms with Gasteiger partial charge in [0.25, 0.3) is 0 Å². The van der Waals surface area contributed by atoms with E-state index in [9.17, 15) is 5.26 Å². The van der Waals surface area contributed by atoms with E-state index in [1.807, 2.05) is 6.07 Å². The van der Waals surface area contributed by atoms with Crippen LogP contribution in [0.4, 0.5) is 0 Å². The second kappa shape index (κ2) is 4.86. The fourth-order valence-electron chi connectivity index (χ4n) is 2.99. The van der Waals surface area contributed by atoms with E-state index >= 15 is 0 Å². The highest BCUT2D eigenvalue weighted by molar-refractivity contribution is 5.46. The van der Waals surface area contributed by atoms with Gasteiger partial charge in [-0.05, 0) is 63.5 Å². The molecule has 0 radical (unpaired) electrons. The molecule has 3 nitrogen and oxygen atoms in total. The van der Waals surface area contributed by atoms with E-state index in [2.05, 4.69) is 45.0 Å². The van der Waals surface area contributed by atoms with Crippen molar-refractivity contribution in [2.24, 2.45) is 5.41 Å². The topological polar surface area (TPSA) is 36.3 Å². The average molecular weight is 258 g/mol. The van der Waals surface area contributed by atoms with Crippen LogP contribution in [0.5, 0.6) is 5.75 Å². The van der Waals surface area contributed by atoms with Gasteiger partial charge >= 0.3 is 0 Å². The molecule has 1 unspecified atom stereocenters. The number of nitriles is 1. The summed E-state index contributed by atoms with van der Waals surface area (Å²) < 4.78 is 5.37. The van der Waals surface area contributed by atoms with Gasteiger partial charge in [-0.15, -0.1) is 0 Å². The van der Waals surface area contributed by atoms with E-state index < -0.39 is 0 Å². The molecule has 0 N–H and O–H groups in total. The Labute approximate surface area is 115 Å². The van der Waals surface area contributed by atoms with Gasteiger partial charge in [-0.3, -0.25) is 0 Å². The number of nitrogens with zero attached hydrogens (tertiary/aromatic N) is 2. The molecule has 0 spiro atoms. The first-order valence-electron chi connectivity index (χ1n) is 6.68. The molecule has 1 aliphatic carbocycles. The minimum atomic E-state index is -0.199. The number of hydrogen-bond acceptors (Lipinski definition) is 3. The standard InChI is InChI=1S/C16H22N2O/c1-11-12(2)14(19-5)7-6-13(11)15(18(3)4)16(10-17)8-9-16/h6-7,15H,8-9H2,1-5H3. The molecule has 1 aromatic rings. The van der Waals surface area contributed by atoms with Crippen LogP contribution in [0.1, 0.15) is 35.6 Å². The van der Waals surface area contributed by atoms with Gasteiger partial charge in [-0.2, -0.15) is 5.26 Å². The molecule has 0 amide bonds. The Morgan fingerprint density at radius 1 is 1.26 bits per heavy atom. The first kappa shape index (κ1) is 13.9. The van der Waals surface area contributed by atoms with Crippen LogP contribution in [-0.2, 0) is 0 Å². The fourth-order valence-corrected chi connectivity index (χ4v) is 2.99. The number of ether oxygens (including phenoxy) is 1. The molecule has 0 aromatic heterocycles. The van der Waals surface area contributed by atoms with Crippen molar-refractivity contribution in [2.45, 2.75) is 32.7 Å². The smallest absolute Gasteiger partial charge is 0.122 e. The molecule has 0 bridgehead atoms. The molecular weight excluding hydrogens is 236 g/mol. The summed E-state index contributed by atoms with van der Waals surface area (Å²) in [6.45, 7) is 4.20. The molecule has 3 heteroatoms. The third-order valence-electron chi connectivity index (χ3n) is 4.35. The summed E-state index contributed by atoms with van der Waals surface area (Å²) in [5, 5.41) is 9.50. The monoisotopic (exact) mass is 258 g/mol. The molecule has 1 atom stereocenters. The molecule has 2 rings (SSSR count). The van der Waals surface area contributed by atoms with E-state index in [4.69, 9.17) is 4.74 Å². The zero-order valence-electron chi connectivity index (χ0n) is 12.4. The summed E-state index contributed by atoms with van der Waals surface area (Å²) in [5.74, 6) is 0.917. The lowest BCUT2D eigenvalue weighted by Crippen LogP contribution is -2.28. The predicted octanol–water partition coefficient (Wildman–Crippen LogP) is 3.22. The van der Waals surface area contributed by atoms with E-state index in [-0.39, 0.29) is 11.5 Å². The SMILES string of the molecule is COc1ccc(C(N(C)C)C2(C#N)CC2)c(C)c1C. The largest absolute Gasteiger partial charge is 0.496 e. The van der Waals surface area contributed by atoms with Crippen molar-refractivity contribution >= 4 is 0 Å². The normalized spacial score (nSPS) is 17.9. The van der Waals surface area contributed by atoms with Crippen molar-refractivity contribution in [1.82, 2.24) is 4.90 Å². The van der Waals surface area contributed by atoms with Gasteiger partial charge in [-0.1, -0.05) is 6.07 Å². The van der Waals surface area contributed by atoms with Crippen LogP contribution in [0.15, 0.2) is 12.1 Å². The van der Waals surface area contributed by atoms with Gasteiger partial charge in [0.05, 0.1) is 24.6 Å². The minimum absolute atomic E-state index is 0.169. The van der Waals surface area contributed by atoms with E-state index in [0.717, 1.165) is 18.6 Å². The Kier molecular flexibility index (Phi) is 3.56. The molecule has 1 fully saturated rings. The van der Waals surface area contributed by atoms with Crippen molar-refractivity contribution in [3.05, 3.63) is 28.8 Å². The summed E-state index contributed by atoms with van der Waals surface area (Å²) >= 11 is 0. The van der Waals surface area contributed by atoms with Crippen molar-refractivity contribution in [1.29, 1.82) is 5.26 Å². The number of benzene rings is 1. The Bertz CT molecular complexity index is 524. The lowest BCUT2D eigenvalue weighted by atomic mass is 9.86. The van der Waals surface area contributed by atoms with Gasteiger partial charge in [0.2, 0.25) is 0 Å². The van der Waals surface area contributed by atoms with Crippen LogP contribution >= 0.6 is 0 Å². The molecular formula is C16H22N2O. The molecule has 0 heterocycles. The molecule has 1 aliphatic rings. The zero-order valence-corrected chi connectivity index (χ0v) is 12.4. The Morgan fingerprint density at radius 3 is 2.32 bits per heavy atom. The summed E-state index contributed by atoms with van der Waals surface area (Å²) in [5.41, 5.74) is 3.46. The van der Waals surface area contributed by atoms with Crippen molar-refractivity contribution in [3.8, 4) is 11.8 Å². The van der Waals surface area contributed by atoms with Crippen LogP contribution in [0, 0.1) is 30.6 Å². The second-order valence-corrected chi connectivity index (χ2v) is 5.74. The van der Waals surface area contributed by atoms with E-state index in [1.165, 1.54) is 16.7 Å².